The second-order valence-electron chi connectivity index (χ2n) is 4.73. The fourth-order valence-corrected chi connectivity index (χ4v) is 2.50. The van der Waals surface area contributed by atoms with Gasteiger partial charge in [-0.25, -0.2) is 0 Å². The number of hydrogen-bond acceptors (Lipinski definition) is 0. The molecule has 3 atom stereocenters. The first-order valence-electron chi connectivity index (χ1n) is 6.08. The van der Waals surface area contributed by atoms with E-state index in [1.807, 2.05) is 0 Å². The molecule has 0 bridgehead atoms. The van der Waals surface area contributed by atoms with Crippen LogP contribution >= 0.6 is 0 Å². The van der Waals surface area contributed by atoms with E-state index in [-0.39, 0.29) is 52.8 Å². The third-order valence-electron chi connectivity index (χ3n) is 3.90. The van der Waals surface area contributed by atoms with Crippen molar-refractivity contribution in [3.05, 3.63) is 0 Å². The van der Waals surface area contributed by atoms with Crippen LogP contribution in [0.1, 0.15) is 62.2 Å². The normalized spacial score (nSPS) is 16.7. The van der Waals surface area contributed by atoms with Crippen LogP contribution in [0.5, 0.6) is 0 Å². The van der Waals surface area contributed by atoms with Crippen molar-refractivity contribution in [2.24, 2.45) is 0 Å². The third-order valence-corrected chi connectivity index (χ3v) is 3.90. The van der Waals surface area contributed by atoms with E-state index in [2.05, 4.69) is 41.5 Å². The Morgan fingerprint density at radius 3 is 1.14 bits per heavy atom. The molecular weight excluding hydrogens is 194 g/mol. The Hall–Kier alpha value is 1.70. The Bertz CT molecular complexity index is 109. The summed E-state index contributed by atoms with van der Waals surface area (Å²) in [6.45, 7) is 15.2. The second-order valence-corrected chi connectivity index (χ2v) is 4.73. The minimum absolute atomic E-state index is 0. The molecule has 2 heteroatoms. The van der Waals surface area contributed by atoms with E-state index in [9.17, 15) is 0 Å². The fourth-order valence-electron chi connectivity index (χ4n) is 2.50. The Kier molecular flexibility index (Phi) is 12.8. The van der Waals surface area contributed by atoms with E-state index in [1.165, 1.54) is 19.3 Å². The molecule has 3 unspecified atom stereocenters. The van der Waals surface area contributed by atoms with Gasteiger partial charge in [0, 0.05) is 0 Å². The first kappa shape index (κ1) is 18.1. The van der Waals surface area contributed by atoms with Crippen molar-refractivity contribution >= 4 is 6.71 Å². The van der Waals surface area contributed by atoms with Crippen LogP contribution in [0.4, 0.5) is 0 Å². The Balaban J connectivity index is -0.000000720. The summed E-state index contributed by atoms with van der Waals surface area (Å²) < 4.78 is 0. The molecule has 0 heterocycles. The zero-order valence-corrected chi connectivity index (χ0v) is 14.6. The topological polar surface area (TPSA) is 0 Å². The minimum atomic E-state index is 0. The van der Waals surface area contributed by atoms with E-state index in [1.54, 1.807) is 0 Å². The van der Waals surface area contributed by atoms with Crippen molar-refractivity contribution in [3.63, 3.8) is 0 Å². The van der Waals surface area contributed by atoms with Gasteiger partial charge < -0.3 is 1.43 Å². The van der Waals surface area contributed by atoms with Crippen LogP contribution in [0.25, 0.3) is 0 Å². The van der Waals surface area contributed by atoms with Crippen LogP contribution in [0.3, 0.4) is 0 Å². The SMILES string of the molecule is CCC(C)B(C(C)CC)C(C)CC.[H-].[K+]. The van der Waals surface area contributed by atoms with Gasteiger partial charge in [-0.05, 0) is 0 Å². The van der Waals surface area contributed by atoms with Crippen LogP contribution < -0.4 is 51.4 Å². The average Bonchev–Trinajstić information content (AvgIpc) is 2.16. The summed E-state index contributed by atoms with van der Waals surface area (Å²) in [5.41, 5.74) is 0. The Morgan fingerprint density at radius 2 is 1.00 bits per heavy atom. The van der Waals surface area contributed by atoms with Gasteiger partial charge in [0.25, 0.3) is 0 Å². The summed E-state index contributed by atoms with van der Waals surface area (Å²) >= 11 is 0. The predicted octanol–water partition coefficient (Wildman–Crippen LogP) is 2.00. The van der Waals surface area contributed by atoms with E-state index >= 15 is 0 Å². The van der Waals surface area contributed by atoms with Crippen molar-refractivity contribution in [2.45, 2.75) is 78.3 Å². The van der Waals surface area contributed by atoms with Crippen LogP contribution in [0, 0.1) is 0 Å². The second kappa shape index (κ2) is 9.89. The number of rotatable bonds is 6. The zero-order chi connectivity index (χ0) is 10.4. The van der Waals surface area contributed by atoms with Gasteiger partial charge in [0.1, 0.15) is 6.71 Å². The van der Waals surface area contributed by atoms with Gasteiger partial charge in [-0.3, -0.25) is 0 Å². The summed E-state index contributed by atoms with van der Waals surface area (Å²) in [5, 5.41) is 0. The Morgan fingerprint density at radius 1 is 0.786 bits per heavy atom. The summed E-state index contributed by atoms with van der Waals surface area (Å²) in [4.78, 5) is 0. The smallest absolute Gasteiger partial charge is 1.00 e. The average molecular weight is 222 g/mol. The third kappa shape index (κ3) is 5.69. The standard InChI is InChI=1S/C12H27B.K.H/c1-7-10(4)13(11(5)8-2)12(6)9-3;;/h10-12H,7-9H2,1-6H3;;/q;+1;-1. The summed E-state index contributed by atoms with van der Waals surface area (Å²) in [6, 6.07) is 0. The van der Waals surface area contributed by atoms with Crippen molar-refractivity contribution in [3.8, 4) is 0 Å². The molecule has 0 aromatic carbocycles. The molecule has 0 aliphatic carbocycles. The van der Waals surface area contributed by atoms with Gasteiger partial charge in [0.05, 0.1) is 0 Å². The van der Waals surface area contributed by atoms with E-state index in [0.717, 1.165) is 24.2 Å². The number of hydrogen-bond donors (Lipinski definition) is 0. The Labute approximate surface area is 136 Å². The van der Waals surface area contributed by atoms with Crippen molar-refractivity contribution in [1.29, 1.82) is 0 Å². The molecule has 0 N–H and O–H groups in total. The maximum absolute atomic E-state index is 2.42. The van der Waals surface area contributed by atoms with Crippen LogP contribution in [0.15, 0.2) is 0 Å². The predicted molar refractivity (Wildman–Crippen MR) is 66.0 cm³/mol. The van der Waals surface area contributed by atoms with Gasteiger partial charge in [0.2, 0.25) is 0 Å². The van der Waals surface area contributed by atoms with Crippen LogP contribution in [0.2, 0.25) is 17.5 Å². The first-order valence-corrected chi connectivity index (χ1v) is 6.08. The zero-order valence-electron chi connectivity index (χ0n) is 12.4. The molecule has 0 aromatic rings. The molecule has 0 saturated heterocycles. The summed E-state index contributed by atoms with van der Waals surface area (Å²) in [6.07, 6.45) is 4.00. The molecule has 0 radical (unpaired) electrons. The molecular formula is C12H28BK. The van der Waals surface area contributed by atoms with E-state index in [4.69, 9.17) is 0 Å². The van der Waals surface area contributed by atoms with Crippen LogP contribution in [-0.2, 0) is 0 Å². The van der Waals surface area contributed by atoms with Gasteiger partial charge in [-0.15, -0.1) is 0 Å². The minimum Gasteiger partial charge on any atom is -1.00 e. The monoisotopic (exact) mass is 222 g/mol. The van der Waals surface area contributed by atoms with E-state index in [0.29, 0.717) is 0 Å². The molecule has 0 saturated carbocycles. The van der Waals surface area contributed by atoms with Crippen LogP contribution in [-0.4, -0.2) is 6.71 Å². The molecule has 14 heavy (non-hydrogen) atoms. The van der Waals surface area contributed by atoms with Crippen molar-refractivity contribution in [1.82, 2.24) is 0 Å². The van der Waals surface area contributed by atoms with Gasteiger partial charge in [-0.2, -0.15) is 0 Å². The van der Waals surface area contributed by atoms with Gasteiger partial charge in [0.15, 0.2) is 0 Å². The molecule has 0 aliphatic heterocycles. The molecule has 0 fully saturated rings. The molecule has 0 amide bonds. The molecule has 80 valence electrons. The van der Waals surface area contributed by atoms with Gasteiger partial charge >= 0.3 is 51.4 Å². The maximum Gasteiger partial charge on any atom is 1.00 e. The maximum atomic E-state index is 2.42. The fraction of sp³-hybridized carbons (Fsp3) is 1.00. The molecule has 0 nitrogen and oxygen atoms in total. The molecule has 0 aliphatic rings. The summed E-state index contributed by atoms with van der Waals surface area (Å²) in [7, 11) is 0. The molecule has 0 spiro atoms. The first-order chi connectivity index (χ1) is 6.08. The van der Waals surface area contributed by atoms with Crippen molar-refractivity contribution in [2.75, 3.05) is 0 Å². The van der Waals surface area contributed by atoms with E-state index < -0.39 is 0 Å². The van der Waals surface area contributed by atoms with Gasteiger partial charge in [-0.1, -0.05) is 78.3 Å². The molecule has 0 rings (SSSR count). The quantitative estimate of drug-likeness (QED) is 0.603. The van der Waals surface area contributed by atoms with Crippen molar-refractivity contribution < 1.29 is 52.8 Å². The largest absolute Gasteiger partial charge is 1.00 e. The molecule has 0 aromatic heterocycles. The summed E-state index contributed by atoms with van der Waals surface area (Å²) in [5.74, 6) is 2.68.